The number of hydrogen-bond donors (Lipinski definition) is 5. The Balaban J connectivity index is 1.78. The van der Waals surface area contributed by atoms with Crippen LogP contribution in [-0.2, 0) is 26.8 Å². The van der Waals surface area contributed by atoms with Crippen LogP contribution in [0.25, 0.3) is 11.2 Å². The van der Waals surface area contributed by atoms with Gasteiger partial charge in [0.25, 0.3) is 0 Å². The van der Waals surface area contributed by atoms with Crippen molar-refractivity contribution in [3.63, 3.8) is 0 Å². The molecule has 0 aromatic carbocycles. The van der Waals surface area contributed by atoms with E-state index in [4.69, 9.17) is 27.8 Å². The van der Waals surface area contributed by atoms with Crippen molar-refractivity contribution in [2.45, 2.75) is 25.0 Å². The maximum atomic E-state index is 13.6. The minimum absolute atomic E-state index is 0.00501. The van der Waals surface area contributed by atoms with Gasteiger partial charge in [-0.15, -0.1) is 6.42 Å². The van der Waals surface area contributed by atoms with Gasteiger partial charge in [-0.2, -0.15) is 23.0 Å². The fraction of sp³-hybridized carbons (Fsp3) is 0.462. The quantitative estimate of drug-likeness (QED) is 0.135. The molecule has 2 unspecified atom stereocenters. The molecule has 15 nitrogen and oxygen atoms in total. The van der Waals surface area contributed by atoms with Crippen LogP contribution in [0.4, 0.5) is 4.39 Å². The van der Waals surface area contributed by atoms with Crippen molar-refractivity contribution < 1.29 is 55.9 Å². The number of aliphatic hydroxyl groups excluding tert-OH is 1. The summed E-state index contributed by atoms with van der Waals surface area (Å²) in [6.45, 7) is -0.887. The fourth-order valence-electron chi connectivity index (χ4n) is 3.31. The maximum absolute atomic E-state index is 13.6. The second kappa shape index (κ2) is 9.05. The number of nitrogens with zero attached hydrogens (tertiary/aromatic N) is 4. The molecule has 2 heterocycles. The summed E-state index contributed by atoms with van der Waals surface area (Å²) >= 11 is 5.84. The van der Waals surface area contributed by atoms with Gasteiger partial charge in [-0.05, 0) is 12.8 Å². The minimum Gasteiger partial charge on any atom is -0.391 e. The smallest absolute Gasteiger partial charge is 0.391 e. The average molecular weight is 551 g/mol. The standard InChI is InChI=1S/C13H15ClFN4O11P3/c1-2-13(5-28-32(24,25)30-33(26,27)29-31(21,22)23)4-7(3-8(13)20)19-6-16-9-10(14)17-12(15)18-11(9)19/h1,6-8,20H,3-5H2,(H,24,25)(H,26,27)(H2,21,22,23)/t7-,8-,13+/m1/s1. The predicted octanol–water partition coefficient (Wildman–Crippen LogP) is 1.28. The Kier molecular flexibility index (Phi) is 7.22. The average Bonchev–Trinajstić information content (AvgIpc) is 3.18. The highest BCUT2D eigenvalue weighted by atomic mass is 35.5. The van der Waals surface area contributed by atoms with Crippen molar-refractivity contribution in [3.8, 4) is 12.3 Å². The molecule has 0 amide bonds. The van der Waals surface area contributed by atoms with E-state index >= 15 is 0 Å². The van der Waals surface area contributed by atoms with Gasteiger partial charge in [-0.25, -0.2) is 18.7 Å². The molecule has 5 atom stereocenters. The molecule has 0 spiro atoms. The van der Waals surface area contributed by atoms with Crippen LogP contribution in [-0.4, -0.2) is 56.9 Å². The molecule has 1 saturated carbocycles. The maximum Gasteiger partial charge on any atom is 0.490 e. The van der Waals surface area contributed by atoms with Crippen molar-refractivity contribution in [2.24, 2.45) is 5.41 Å². The molecule has 0 bridgehead atoms. The Labute approximate surface area is 189 Å². The van der Waals surface area contributed by atoms with Crippen LogP contribution < -0.4 is 0 Å². The van der Waals surface area contributed by atoms with Gasteiger partial charge >= 0.3 is 29.5 Å². The van der Waals surface area contributed by atoms with Crippen LogP contribution in [0.3, 0.4) is 0 Å². The number of terminal acetylenes is 1. The first-order chi connectivity index (χ1) is 15.1. The molecule has 2 aromatic heterocycles. The third-order valence-electron chi connectivity index (χ3n) is 4.67. The molecule has 182 valence electrons. The molecule has 33 heavy (non-hydrogen) atoms. The van der Waals surface area contributed by atoms with Crippen LogP contribution in [0.15, 0.2) is 6.33 Å². The van der Waals surface area contributed by atoms with Crippen molar-refractivity contribution >= 4 is 46.2 Å². The Morgan fingerprint density at radius 1 is 1.24 bits per heavy atom. The van der Waals surface area contributed by atoms with Gasteiger partial charge in [0.2, 0.25) is 0 Å². The number of imidazole rings is 1. The number of halogens is 2. The Bertz CT molecular complexity index is 1260. The molecule has 1 aliphatic carbocycles. The number of phosphoric ester groups is 1. The van der Waals surface area contributed by atoms with E-state index in [1.165, 1.54) is 10.9 Å². The zero-order chi connectivity index (χ0) is 24.8. The van der Waals surface area contributed by atoms with E-state index in [9.17, 15) is 33.0 Å². The third kappa shape index (κ3) is 6.04. The molecular formula is C13H15ClFN4O11P3. The first kappa shape index (κ1) is 26.3. The second-order valence-electron chi connectivity index (χ2n) is 6.88. The predicted molar refractivity (Wildman–Crippen MR) is 106 cm³/mol. The first-order valence-electron chi connectivity index (χ1n) is 8.56. The van der Waals surface area contributed by atoms with Gasteiger partial charge in [-0.1, -0.05) is 17.5 Å². The number of aliphatic hydroxyl groups is 1. The molecule has 1 fully saturated rings. The fourth-order valence-corrected chi connectivity index (χ4v) is 6.60. The first-order valence-corrected chi connectivity index (χ1v) is 13.5. The van der Waals surface area contributed by atoms with Crippen LogP contribution in [0, 0.1) is 23.8 Å². The lowest BCUT2D eigenvalue weighted by Gasteiger charge is -2.27. The van der Waals surface area contributed by atoms with Crippen molar-refractivity contribution in [1.29, 1.82) is 0 Å². The summed E-state index contributed by atoms with van der Waals surface area (Å²) in [4.78, 5) is 46.9. The summed E-state index contributed by atoms with van der Waals surface area (Å²) in [6, 6.07) is -0.657. The molecule has 5 N–H and O–H groups in total. The topological polar surface area (TPSA) is 224 Å². The van der Waals surface area contributed by atoms with Crippen molar-refractivity contribution in [3.05, 3.63) is 17.6 Å². The Morgan fingerprint density at radius 2 is 1.91 bits per heavy atom. The SMILES string of the molecule is C#C[C@@]1(COP(=O)(O)OP(=O)(O)OP(=O)(O)O)C[C@H](n2cnc3c(Cl)nc(F)nc32)C[C@H]1O. The number of phosphoric acid groups is 3. The van der Waals surface area contributed by atoms with E-state index in [1.807, 2.05) is 0 Å². The Morgan fingerprint density at radius 3 is 2.52 bits per heavy atom. The van der Waals surface area contributed by atoms with E-state index in [1.54, 1.807) is 0 Å². The van der Waals surface area contributed by atoms with Gasteiger partial charge in [0.15, 0.2) is 10.8 Å². The number of rotatable bonds is 8. The summed E-state index contributed by atoms with van der Waals surface area (Å²) in [5, 5.41) is 10.3. The summed E-state index contributed by atoms with van der Waals surface area (Å²) in [6.07, 6.45) is 4.13. The summed E-state index contributed by atoms with van der Waals surface area (Å²) in [5.41, 5.74) is -1.55. The van der Waals surface area contributed by atoms with Crippen molar-refractivity contribution in [2.75, 3.05) is 6.61 Å². The summed E-state index contributed by atoms with van der Waals surface area (Å²) in [5.74, 6) is 2.25. The lowest BCUT2D eigenvalue weighted by molar-refractivity contribution is 0.0443. The van der Waals surface area contributed by atoms with E-state index in [0.29, 0.717) is 0 Å². The van der Waals surface area contributed by atoms with Gasteiger partial charge < -0.3 is 29.2 Å². The second-order valence-corrected chi connectivity index (χ2v) is 11.7. The molecule has 3 rings (SSSR count). The largest absolute Gasteiger partial charge is 0.490 e. The van der Waals surface area contributed by atoms with Crippen LogP contribution >= 0.6 is 35.1 Å². The van der Waals surface area contributed by atoms with Gasteiger partial charge in [0, 0.05) is 6.04 Å². The monoisotopic (exact) mass is 550 g/mol. The molecule has 0 aliphatic heterocycles. The molecule has 0 radical (unpaired) electrons. The minimum atomic E-state index is -5.72. The number of fused-ring (bicyclic) bond motifs is 1. The zero-order valence-electron chi connectivity index (χ0n) is 16.0. The van der Waals surface area contributed by atoms with Crippen LogP contribution in [0.2, 0.25) is 5.15 Å². The highest BCUT2D eigenvalue weighted by Gasteiger charge is 2.49. The lowest BCUT2D eigenvalue weighted by Crippen LogP contribution is -2.33. The van der Waals surface area contributed by atoms with Gasteiger partial charge in [0.05, 0.1) is 24.5 Å². The summed E-state index contributed by atoms with van der Waals surface area (Å²) in [7, 11) is -16.7. The summed E-state index contributed by atoms with van der Waals surface area (Å²) < 4.78 is 61.0. The molecule has 0 saturated heterocycles. The molecule has 20 heteroatoms. The Hall–Kier alpha value is -1.30. The molecular weight excluding hydrogens is 536 g/mol. The molecule has 2 aromatic rings. The molecule has 1 aliphatic rings. The number of hydrogen-bond acceptors (Lipinski definition) is 10. The van der Waals surface area contributed by atoms with Crippen LogP contribution in [0.5, 0.6) is 0 Å². The highest BCUT2D eigenvalue weighted by Crippen LogP contribution is 2.66. The van der Waals surface area contributed by atoms with Gasteiger partial charge in [0.1, 0.15) is 5.52 Å². The highest BCUT2D eigenvalue weighted by molar-refractivity contribution is 7.66. The van der Waals surface area contributed by atoms with Crippen LogP contribution in [0.1, 0.15) is 18.9 Å². The number of aromatic nitrogens is 4. The van der Waals surface area contributed by atoms with E-state index in [0.717, 1.165) is 0 Å². The van der Waals surface area contributed by atoms with E-state index in [-0.39, 0.29) is 29.2 Å². The van der Waals surface area contributed by atoms with Crippen molar-refractivity contribution in [1.82, 2.24) is 19.5 Å². The zero-order valence-corrected chi connectivity index (χ0v) is 19.4. The van der Waals surface area contributed by atoms with E-state index in [2.05, 4.69) is 34.0 Å². The third-order valence-corrected chi connectivity index (χ3v) is 8.71. The normalized spacial score (nSPS) is 27.2. The van der Waals surface area contributed by atoms with Gasteiger partial charge in [-0.3, -0.25) is 4.52 Å². The van der Waals surface area contributed by atoms with E-state index < -0.39 is 53.7 Å². The lowest BCUT2D eigenvalue weighted by atomic mass is 9.86.